The van der Waals surface area contributed by atoms with Crippen molar-refractivity contribution in [1.29, 1.82) is 5.26 Å². The Morgan fingerprint density at radius 3 is 2.94 bits per heavy atom. The zero-order chi connectivity index (χ0) is 12.4. The third kappa shape index (κ3) is 2.19. The van der Waals surface area contributed by atoms with Gasteiger partial charge in [0.2, 0.25) is 0 Å². The van der Waals surface area contributed by atoms with Gasteiger partial charge in [-0.05, 0) is 30.9 Å². The zero-order valence-electron chi connectivity index (χ0n) is 10.3. The van der Waals surface area contributed by atoms with Gasteiger partial charge in [-0.25, -0.2) is 4.98 Å². The van der Waals surface area contributed by atoms with Crippen molar-refractivity contribution in [2.75, 3.05) is 17.2 Å². The van der Waals surface area contributed by atoms with Crippen LogP contribution in [0.25, 0.3) is 0 Å². The number of hydrogen-bond donors (Lipinski definition) is 1. The molecule has 2 rings (SSSR count). The number of hydrogen-bond acceptors (Lipinski definition) is 4. The lowest BCUT2D eigenvalue weighted by Gasteiger charge is -2.28. The molecule has 17 heavy (non-hydrogen) atoms. The van der Waals surface area contributed by atoms with Crippen LogP contribution < -0.4 is 10.6 Å². The molecule has 2 heterocycles. The molecule has 0 aliphatic carbocycles. The summed E-state index contributed by atoms with van der Waals surface area (Å²) in [7, 11) is 0. The Labute approximate surface area is 102 Å². The number of aromatic nitrogens is 1. The van der Waals surface area contributed by atoms with Crippen LogP contribution in [0.2, 0.25) is 0 Å². The van der Waals surface area contributed by atoms with E-state index in [4.69, 9.17) is 11.0 Å². The fourth-order valence-electron chi connectivity index (χ4n) is 2.48. The standard InChI is InChI=1S/C13H18N4/c1-9(2)12-4-3-7-17(12)13-6-5-10(15)11(8-14)16-13/h5-6,9,12H,3-4,7,15H2,1-2H3. The third-order valence-electron chi connectivity index (χ3n) is 3.38. The second-order valence-corrected chi connectivity index (χ2v) is 4.87. The van der Waals surface area contributed by atoms with Gasteiger partial charge in [-0.3, -0.25) is 0 Å². The number of pyridine rings is 1. The van der Waals surface area contributed by atoms with Crippen LogP contribution in [0.3, 0.4) is 0 Å². The topological polar surface area (TPSA) is 65.9 Å². The molecule has 0 amide bonds. The van der Waals surface area contributed by atoms with Crippen LogP contribution >= 0.6 is 0 Å². The lowest BCUT2D eigenvalue weighted by Crippen LogP contribution is -2.34. The fourth-order valence-corrected chi connectivity index (χ4v) is 2.48. The van der Waals surface area contributed by atoms with Gasteiger partial charge in [0, 0.05) is 12.6 Å². The fraction of sp³-hybridized carbons (Fsp3) is 0.538. The van der Waals surface area contributed by atoms with Crippen LogP contribution in [0.15, 0.2) is 12.1 Å². The minimum atomic E-state index is 0.330. The Balaban J connectivity index is 2.31. The maximum Gasteiger partial charge on any atom is 0.165 e. The second kappa shape index (κ2) is 4.62. The third-order valence-corrected chi connectivity index (χ3v) is 3.38. The van der Waals surface area contributed by atoms with Gasteiger partial charge in [-0.15, -0.1) is 0 Å². The van der Waals surface area contributed by atoms with E-state index in [0.29, 0.717) is 23.3 Å². The van der Waals surface area contributed by atoms with Gasteiger partial charge < -0.3 is 10.6 Å². The van der Waals surface area contributed by atoms with Crippen molar-refractivity contribution in [3.05, 3.63) is 17.8 Å². The molecule has 0 saturated carbocycles. The van der Waals surface area contributed by atoms with Crippen LogP contribution in [0.4, 0.5) is 11.5 Å². The highest BCUT2D eigenvalue weighted by Crippen LogP contribution is 2.29. The van der Waals surface area contributed by atoms with Crippen molar-refractivity contribution in [1.82, 2.24) is 4.98 Å². The van der Waals surface area contributed by atoms with Gasteiger partial charge in [0.1, 0.15) is 11.9 Å². The Kier molecular flexibility index (Phi) is 3.19. The summed E-state index contributed by atoms with van der Waals surface area (Å²) < 4.78 is 0. The molecule has 1 aromatic rings. The van der Waals surface area contributed by atoms with E-state index < -0.39 is 0 Å². The summed E-state index contributed by atoms with van der Waals surface area (Å²) in [5, 5.41) is 8.95. The van der Waals surface area contributed by atoms with Crippen molar-refractivity contribution in [2.24, 2.45) is 5.92 Å². The first-order chi connectivity index (χ1) is 8.13. The number of nitrogens with zero attached hydrogens (tertiary/aromatic N) is 3. The molecule has 4 nitrogen and oxygen atoms in total. The molecule has 0 spiro atoms. The first kappa shape index (κ1) is 11.7. The van der Waals surface area contributed by atoms with Gasteiger partial charge in [0.15, 0.2) is 5.69 Å². The number of rotatable bonds is 2. The van der Waals surface area contributed by atoms with E-state index in [1.54, 1.807) is 6.07 Å². The Bertz CT molecular complexity index is 447. The number of anilines is 2. The van der Waals surface area contributed by atoms with Crippen molar-refractivity contribution in [3.63, 3.8) is 0 Å². The number of nitrogen functional groups attached to an aromatic ring is 1. The highest BCUT2D eigenvalue weighted by Gasteiger charge is 2.28. The predicted octanol–water partition coefficient (Wildman–Crippen LogP) is 2.16. The maximum atomic E-state index is 8.95. The van der Waals surface area contributed by atoms with E-state index in [1.807, 2.05) is 12.1 Å². The van der Waals surface area contributed by atoms with E-state index in [0.717, 1.165) is 12.4 Å². The van der Waals surface area contributed by atoms with E-state index in [1.165, 1.54) is 12.8 Å². The molecule has 1 fully saturated rings. The van der Waals surface area contributed by atoms with Crippen molar-refractivity contribution < 1.29 is 0 Å². The van der Waals surface area contributed by atoms with Crippen LogP contribution in [-0.4, -0.2) is 17.6 Å². The first-order valence-electron chi connectivity index (χ1n) is 6.06. The summed E-state index contributed by atoms with van der Waals surface area (Å²) in [6.07, 6.45) is 2.39. The van der Waals surface area contributed by atoms with E-state index in [9.17, 15) is 0 Å². The average molecular weight is 230 g/mol. The maximum absolute atomic E-state index is 8.95. The van der Waals surface area contributed by atoms with E-state index in [-0.39, 0.29) is 0 Å². The van der Waals surface area contributed by atoms with Gasteiger partial charge >= 0.3 is 0 Å². The minimum Gasteiger partial charge on any atom is -0.396 e. The molecule has 1 saturated heterocycles. The van der Waals surface area contributed by atoms with Gasteiger partial charge in [0.05, 0.1) is 5.69 Å². The molecule has 1 unspecified atom stereocenters. The Morgan fingerprint density at radius 2 is 2.29 bits per heavy atom. The predicted molar refractivity (Wildman–Crippen MR) is 68.6 cm³/mol. The first-order valence-corrected chi connectivity index (χ1v) is 6.06. The largest absolute Gasteiger partial charge is 0.396 e. The SMILES string of the molecule is CC(C)C1CCCN1c1ccc(N)c(C#N)n1. The monoisotopic (exact) mass is 230 g/mol. The number of nitriles is 1. The highest BCUT2D eigenvalue weighted by molar-refractivity contribution is 5.56. The molecular weight excluding hydrogens is 212 g/mol. The summed E-state index contributed by atoms with van der Waals surface area (Å²) in [4.78, 5) is 6.64. The summed E-state index contributed by atoms with van der Waals surface area (Å²) >= 11 is 0. The quantitative estimate of drug-likeness (QED) is 0.845. The lowest BCUT2D eigenvalue weighted by atomic mass is 10.0. The lowest BCUT2D eigenvalue weighted by molar-refractivity contribution is 0.489. The van der Waals surface area contributed by atoms with Gasteiger partial charge in [0.25, 0.3) is 0 Å². The average Bonchev–Trinajstić information content (AvgIpc) is 2.78. The van der Waals surface area contributed by atoms with Crippen molar-refractivity contribution in [3.8, 4) is 6.07 Å². The molecule has 4 heteroatoms. The Morgan fingerprint density at radius 1 is 1.53 bits per heavy atom. The van der Waals surface area contributed by atoms with Crippen LogP contribution in [0.1, 0.15) is 32.4 Å². The van der Waals surface area contributed by atoms with Crippen LogP contribution in [0, 0.1) is 17.2 Å². The summed E-state index contributed by atoms with van der Waals surface area (Å²) in [5.41, 5.74) is 6.48. The Hall–Kier alpha value is -1.76. The van der Waals surface area contributed by atoms with Gasteiger partial charge in [-0.1, -0.05) is 13.8 Å². The van der Waals surface area contributed by atoms with Crippen molar-refractivity contribution >= 4 is 11.5 Å². The molecule has 1 aromatic heterocycles. The molecular formula is C13H18N4. The smallest absolute Gasteiger partial charge is 0.165 e. The molecule has 0 bridgehead atoms. The zero-order valence-corrected chi connectivity index (χ0v) is 10.3. The highest BCUT2D eigenvalue weighted by atomic mass is 15.2. The van der Waals surface area contributed by atoms with Crippen LogP contribution in [0.5, 0.6) is 0 Å². The number of nitrogens with two attached hydrogens (primary N) is 1. The molecule has 0 aromatic carbocycles. The molecule has 90 valence electrons. The summed E-state index contributed by atoms with van der Waals surface area (Å²) in [6, 6.07) is 6.25. The molecule has 0 radical (unpaired) electrons. The van der Waals surface area contributed by atoms with Gasteiger partial charge in [-0.2, -0.15) is 5.26 Å². The normalized spacial score (nSPS) is 19.6. The molecule has 1 aliphatic heterocycles. The van der Waals surface area contributed by atoms with E-state index >= 15 is 0 Å². The molecule has 1 aliphatic rings. The minimum absolute atomic E-state index is 0.330. The van der Waals surface area contributed by atoms with E-state index in [2.05, 4.69) is 23.7 Å². The second-order valence-electron chi connectivity index (χ2n) is 4.87. The summed E-state index contributed by atoms with van der Waals surface area (Å²) in [6.45, 7) is 5.47. The van der Waals surface area contributed by atoms with Crippen molar-refractivity contribution in [2.45, 2.75) is 32.7 Å². The van der Waals surface area contributed by atoms with Crippen LogP contribution in [-0.2, 0) is 0 Å². The molecule has 1 atom stereocenters. The molecule has 2 N–H and O–H groups in total. The summed E-state index contributed by atoms with van der Waals surface area (Å²) in [5.74, 6) is 1.48.